The fourth-order valence-electron chi connectivity index (χ4n) is 1.68. The molecule has 0 aliphatic heterocycles. The molecule has 1 N–H and O–H groups in total. The van der Waals surface area contributed by atoms with Crippen LogP contribution in [0.4, 0.5) is 11.4 Å². The summed E-state index contributed by atoms with van der Waals surface area (Å²) < 4.78 is 0. The first kappa shape index (κ1) is 13.8. The third-order valence-corrected chi connectivity index (χ3v) is 3.90. The monoisotopic (exact) mass is 297 g/mol. The van der Waals surface area contributed by atoms with Crippen LogP contribution in [0.15, 0.2) is 29.8 Å². The fourth-order valence-corrected chi connectivity index (χ4v) is 2.57. The Morgan fingerprint density at radius 2 is 2.21 bits per heavy atom. The van der Waals surface area contributed by atoms with E-state index in [2.05, 4.69) is 10.3 Å². The van der Waals surface area contributed by atoms with Crippen molar-refractivity contribution < 1.29 is 4.92 Å². The van der Waals surface area contributed by atoms with Gasteiger partial charge in [-0.2, -0.15) is 0 Å². The predicted octanol–water partition coefficient (Wildman–Crippen LogP) is 4.05. The number of nitrogens with zero attached hydrogens (tertiary/aromatic N) is 2. The molecule has 7 heteroatoms. The maximum Gasteiger partial charge on any atom is 0.293 e. The van der Waals surface area contributed by atoms with Gasteiger partial charge in [0.25, 0.3) is 5.69 Å². The van der Waals surface area contributed by atoms with Crippen molar-refractivity contribution in [1.29, 1.82) is 0 Å². The molecule has 0 saturated heterocycles. The number of hydrogen-bond acceptors (Lipinski definition) is 5. The normalized spacial score (nSPS) is 11.3. The van der Waals surface area contributed by atoms with Crippen LogP contribution in [-0.4, -0.2) is 9.91 Å². The topological polar surface area (TPSA) is 68.1 Å². The zero-order valence-corrected chi connectivity index (χ0v) is 12.0. The Hall–Kier alpha value is -1.66. The van der Waals surface area contributed by atoms with E-state index in [-0.39, 0.29) is 5.69 Å². The molecule has 0 aliphatic carbocycles. The number of nitro benzene ring substituents is 1. The Bertz CT molecular complexity index is 599. The lowest BCUT2D eigenvalue weighted by Gasteiger charge is -2.25. The van der Waals surface area contributed by atoms with Gasteiger partial charge in [0.2, 0.25) is 0 Å². The highest BCUT2D eigenvalue weighted by molar-refractivity contribution is 7.09. The van der Waals surface area contributed by atoms with E-state index in [1.54, 1.807) is 18.3 Å². The average molecular weight is 298 g/mol. The second kappa shape index (κ2) is 5.14. The smallest absolute Gasteiger partial charge is 0.293 e. The molecule has 0 amide bonds. The second-order valence-electron chi connectivity index (χ2n) is 4.51. The fraction of sp³-hybridized carbons (Fsp3) is 0.250. The first-order valence-electron chi connectivity index (χ1n) is 5.52. The molecule has 1 heterocycles. The Labute approximate surface area is 119 Å². The van der Waals surface area contributed by atoms with Crippen LogP contribution in [0, 0.1) is 10.1 Å². The van der Waals surface area contributed by atoms with E-state index in [4.69, 9.17) is 11.6 Å². The molecule has 19 heavy (non-hydrogen) atoms. The van der Waals surface area contributed by atoms with Crippen LogP contribution in [0.5, 0.6) is 0 Å². The summed E-state index contributed by atoms with van der Waals surface area (Å²) in [7, 11) is 0. The van der Waals surface area contributed by atoms with E-state index in [0.717, 1.165) is 5.01 Å². The molecule has 0 saturated carbocycles. The largest absolute Gasteiger partial charge is 0.368 e. The van der Waals surface area contributed by atoms with E-state index < -0.39 is 10.5 Å². The van der Waals surface area contributed by atoms with Crippen molar-refractivity contribution in [3.63, 3.8) is 0 Å². The van der Waals surface area contributed by atoms with Gasteiger partial charge < -0.3 is 5.32 Å². The second-order valence-corrected chi connectivity index (χ2v) is 5.84. The number of hydrogen-bond donors (Lipinski definition) is 1. The Balaban J connectivity index is 2.36. The number of aromatic nitrogens is 1. The quantitative estimate of drug-likeness (QED) is 0.683. The Kier molecular flexibility index (Phi) is 3.73. The highest BCUT2D eigenvalue weighted by Gasteiger charge is 2.26. The van der Waals surface area contributed by atoms with Gasteiger partial charge in [0.15, 0.2) is 0 Å². The molecule has 2 rings (SSSR count). The SMILES string of the molecule is CC(C)(Nc1ccc(Cl)cc1[N+](=O)[O-])c1nccs1. The minimum atomic E-state index is -0.493. The maximum absolute atomic E-state index is 11.0. The van der Waals surface area contributed by atoms with Crippen LogP contribution in [-0.2, 0) is 5.54 Å². The van der Waals surface area contributed by atoms with Crippen LogP contribution in [0.1, 0.15) is 18.9 Å². The molecule has 0 fully saturated rings. The predicted molar refractivity (Wildman–Crippen MR) is 76.9 cm³/mol. The maximum atomic E-state index is 11.0. The van der Waals surface area contributed by atoms with Crippen LogP contribution < -0.4 is 5.32 Å². The minimum absolute atomic E-state index is 0.0443. The molecule has 1 aromatic carbocycles. The number of anilines is 1. The third-order valence-electron chi connectivity index (χ3n) is 2.57. The van der Waals surface area contributed by atoms with Gasteiger partial charge in [0.1, 0.15) is 10.7 Å². The summed E-state index contributed by atoms with van der Waals surface area (Å²) in [6, 6.07) is 4.56. The molecule has 0 atom stereocenters. The summed E-state index contributed by atoms with van der Waals surface area (Å²) in [6.45, 7) is 3.84. The molecule has 2 aromatic rings. The molecule has 5 nitrogen and oxygen atoms in total. The first-order valence-corrected chi connectivity index (χ1v) is 6.78. The van der Waals surface area contributed by atoms with E-state index in [0.29, 0.717) is 10.7 Å². The molecular formula is C12H12ClN3O2S. The molecule has 0 unspecified atom stereocenters. The number of rotatable bonds is 4. The van der Waals surface area contributed by atoms with Crippen LogP contribution in [0.2, 0.25) is 5.02 Å². The van der Waals surface area contributed by atoms with Gasteiger partial charge in [-0.15, -0.1) is 11.3 Å². The summed E-state index contributed by atoms with van der Waals surface area (Å²) in [5, 5.41) is 17.3. The Morgan fingerprint density at radius 1 is 1.47 bits per heavy atom. The van der Waals surface area contributed by atoms with Gasteiger partial charge in [-0.1, -0.05) is 11.6 Å². The summed E-state index contributed by atoms with van der Waals surface area (Å²) >= 11 is 7.29. The van der Waals surface area contributed by atoms with E-state index in [1.165, 1.54) is 17.4 Å². The number of nitro groups is 1. The first-order chi connectivity index (χ1) is 8.90. The molecule has 100 valence electrons. The highest BCUT2D eigenvalue weighted by Crippen LogP contribution is 2.33. The third kappa shape index (κ3) is 3.02. The van der Waals surface area contributed by atoms with Crippen molar-refractivity contribution in [1.82, 2.24) is 4.98 Å². The van der Waals surface area contributed by atoms with Crippen molar-refractivity contribution in [3.8, 4) is 0 Å². The zero-order valence-electron chi connectivity index (χ0n) is 10.4. The highest BCUT2D eigenvalue weighted by atomic mass is 35.5. The average Bonchev–Trinajstić information content (AvgIpc) is 2.85. The van der Waals surface area contributed by atoms with E-state index >= 15 is 0 Å². The molecular weight excluding hydrogens is 286 g/mol. The molecule has 0 spiro atoms. The van der Waals surface area contributed by atoms with Crippen molar-refractivity contribution in [3.05, 3.63) is 49.9 Å². The van der Waals surface area contributed by atoms with E-state index in [9.17, 15) is 10.1 Å². The van der Waals surface area contributed by atoms with Gasteiger partial charge in [-0.05, 0) is 26.0 Å². The van der Waals surface area contributed by atoms with Gasteiger partial charge in [-0.25, -0.2) is 4.98 Å². The summed E-state index contributed by atoms with van der Waals surface area (Å²) in [5.74, 6) is 0. The van der Waals surface area contributed by atoms with Gasteiger partial charge in [0, 0.05) is 22.7 Å². The molecule has 0 radical (unpaired) electrons. The van der Waals surface area contributed by atoms with Crippen LogP contribution in [0.25, 0.3) is 0 Å². The van der Waals surface area contributed by atoms with E-state index in [1.807, 2.05) is 19.2 Å². The van der Waals surface area contributed by atoms with Gasteiger partial charge in [0.05, 0.1) is 10.5 Å². The summed E-state index contributed by atoms with van der Waals surface area (Å²) in [5.41, 5.74) is -0.112. The molecule has 0 aliphatic rings. The summed E-state index contributed by atoms with van der Waals surface area (Å²) in [4.78, 5) is 14.8. The number of thiazole rings is 1. The van der Waals surface area contributed by atoms with Crippen molar-refractivity contribution in [2.75, 3.05) is 5.32 Å². The lowest BCUT2D eigenvalue weighted by molar-refractivity contribution is -0.384. The Morgan fingerprint density at radius 3 is 2.79 bits per heavy atom. The number of benzene rings is 1. The number of halogens is 1. The van der Waals surface area contributed by atoms with Gasteiger partial charge in [-0.3, -0.25) is 10.1 Å². The number of nitrogens with one attached hydrogen (secondary N) is 1. The van der Waals surface area contributed by atoms with Crippen LogP contribution in [0.3, 0.4) is 0 Å². The minimum Gasteiger partial charge on any atom is -0.368 e. The van der Waals surface area contributed by atoms with Gasteiger partial charge >= 0.3 is 0 Å². The van der Waals surface area contributed by atoms with Crippen molar-refractivity contribution in [2.45, 2.75) is 19.4 Å². The van der Waals surface area contributed by atoms with Crippen LogP contribution >= 0.6 is 22.9 Å². The summed E-state index contributed by atoms with van der Waals surface area (Å²) in [6.07, 6.45) is 1.71. The standard InChI is InChI=1S/C12H12ClN3O2S/c1-12(2,11-14-5-6-19-11)15-9-4-3-8(13)7-10(9)16(17)18/h3-7,15H,1-2H3. The zero-order chi connectivity index (χ0) is 14.0. The van der Waals surface area contributed by atoms with Crippen molar-refractivity contribution >= 4 is 34.3 Å². The van der Waals surface area contributed by atoms with Crippen molar-refractivity contribution in [2.24, 2.45) is 0 Å². The molecule has 0 bridgehead atoms. The lowest BCUT2D eigenvalue weighted by atomic mass is 10.1. The molecule has 1 aromatic heterocycles. The lowest BCUT2D eigenvalue weighted by Crippen LogP contribution is -2.28.